The number of aliphatic hydroxyl groups is 1. The molecule has 0 saturated heterocycles. The van der Waals surface area contributed by atoms with Gasteiger partial charge in [-0.3, -0.25) is 9.63 Å². The second kappa shape index (κ2) is 5.75. The van der Waals surface area contributed by atoms with Crippen LogP contribution in [0.4, 0.5) is 5.82 Å². The fraction of sp³-hybridized carbons (Fsp3) is 0.500. The van der Waals surface area contributed by atoms with Crippen LogP contribution in [-0.2, 0) is 16.1 Å². The number of anilines is 1. The first-order valence-electron chi connectivity index (χ1n) is 5.83. The third-order valence-electron chi connectivity index (χ3n) is 2.67. The van der Waals surface area contributed by atoms with Crippen molar-refractivity contribution in [1.82, 2.24) is 4.98 Å². The summed E-state index contributed by atoms with van der Waals surface area (Å²) in [5.41, 5.74) is 1.04. The van der Waals surface area contributed by atoms with Gasteiger partial charge in [0.05, 0.1) is 6.61 Å². The van der Waals surface area contributed by atoms with E-state index in [9.17, 15) is 4.79 Å². The molecule has 92 valence electrons. The van der Waals surface area contributed by atoms with Gasteiger partial charge in [0.25, 0.3) is 5.91 Å². The molecule has 1 aromatic heterocycles. The Labute approximate surface area is 100.0 Å². The minimum absolute atomic E-state index is 0.0554. The van der Waals surface area contributed by atoms with E-state index in [0.29, 0.717) is 25.3 Å². The molecule has 2 rings (SSSR count). The van der Waals surface area contributed by atoms with Crippen LogP contribution in [0.5, 0.6) is 0 Å². The summed E-state index contributed by atoms with van der Waals surface area (Å²) in [6.45, 7) is 0.564. The van der Waals surface area contributed by atoms with Crippen molar-refractivity contribution >= 4 is 11.7 Å². The van der Waals surface area contributed by atoms with E-state index in [4.69, 9.17) is 9.94 Å². The molecule has 1 aliphatic rings. The van der Waals surface area contributed by atoms with Crippen molar-refractivity contribution in [3.8, 4) is 0 Å². The van der Waals surface area contributed by atoms with E-state index in [1.54, 1.807) is 6.20 Å². The Kier molecular flexibility index (Phi) is 4.06. The molecule has 17 heavy (non-hydrogen) atoms. The van der Waals surface area contributed by atoms with Crippen molar-refractivity contribution in [2.75, 3.05) is 18.3 Å². The van der Waals surface area contributed by atoms with E-state index in [0.717, 1.165) is 18.4 Å². The largest absolute Gasteiger partial charge is 0.396 e. The smallest absolute Gasteiger partial charge is 0.252 e. The second-order valence-corrected chi connectivity index (χ2v) is 3.94. The van der Waals surface area contributed by atoms with E-state index in [1.807, 2.05) is 12.1 Å². The van der Waals surface area contributed by atoms with E-state index >= 15 is 0 Å². The van der Waals surface area contributed by atoms with Crippen molar-refractivity contribution in [2.24, 2.45) is 0 Å². The lowest BCUT2D eigenvalue weighted by molar-refractivity contribution is -0.126. The van der Waals surface area contributed by atoms with Gasteiger partial charge in [0.15, 0.2) is 5.82 Å². The minimum atomic E-state index is -0.0554. The number of carbonyl (C=O) groups excluding carboxylic acids is 1. The lowest BCUT2D eigenvalue weighted by atomic mass is 10.1. The zero-order chi connectivity index (χ0) is 12.1. The number of aryl methyl sites for hydroxylation is 1. The SMILES string of the molecule is O=C1CCc2cccnc2N1OCCCCO. The normalized spacial score (nSPS) is 14.9. The van der Waals surface area contributed by atoms with E-state index in [-0.39, 0.29) is 12.5 Å². The van der Waals surface area contributed by atoms with Gasteiger partial charge < -0.3 is 5.11 Å². The van der Waals surface area contributed by atoms with Crippen molar-refractivity contribution in [3.05, 3.63) is 23.9 Å². The fourth-order valence-electron chi connectivity index (χ4n) is 1.77. The lowest BCUT2D eigenvalue weighted by Crippen LogP contribution is -2.36. The Morgan fingerprint density at radius 2 is 2.29 bits per heavy atom. The van der Waals surface area contributed by atoms with E-state index in [2.05, 4.69) is 4.98 Å². The first kappa shape index (κ1) is 12.0. The maximum absolute atomic E-state index is 11.7. The quantitative estimate of drug-likeness (QED) is 0.777. The van der Waals surface area contributed by atoms with Crippen LogP contribution in [0.3, 0.4) is 0 Å². The van der Waals surface area contributed by atoms with E-state index < -0.39 is 0 Å². The molecule has 0 unspecified atom stereocenters. The van der Waals surface area contributed by atoms with Gasteiger partial charge in [-0.25, -0.2) is 4.98 Å². The second-order valence-electron chi connectivity index (χ2n) is 3.94. The van der Waals surface area contributed by atoms with Gasteiger partial charge in [0.1, 0.15) is 0 Å². The summed E-state index contributed by atoms with van der Waals surface area (Å²) < 4.78 is 0. The van der Waals surface area contributed by atoms with Crippen LogP contribution in [0.2, 0.25) is 0 Å². The predicted octanol–water partition coefficient (Wildman–Crippen LogP) is 1.06. The number of unbranched alkanes of at least 4 members (excludes halogenated alkanes) is 1. The summed E-state index contributed by atoms with van der Waals surface area (Å²) >= 11 is 0. The van der Waals surface area contributed by atoms with Crippen LogP contribution in [-0.4, -0.2) is 29.2 Å². The Bertz CT molecular complexity index is 395. The first-order chi connectivity index (χ1) is 8.33. The molecule has 2 heterocycles. The number of nitrogens with zero attached hydrogens (tertiary/aromatic N) is 2. The number of rotatable bonds is 5. The molecule has 0 bridgehead atoms. The highest BCUT2D eigenvalue weighted by Crippen LogP contribution is 2.25. The van der Waals surface area contributed by atoms with Crippen LogP contribution in [0.25, 0.3) is 0 Å². The molecule has 0 fully saturated rings. The molecule has 1 amide bonds. The lowest BCUT2D eigenvalue weighted by Gasteiger charge is -2.26. The number of carbonyl (C=O) groups is 1. The maximum atomic E-state index is 11.7. The fourth-order valence-corrected chi connectivity index (χ4v) is 1.77. The van der Waals surface area contributed by atoms with Crippen LogP contribution in [0.1, 0.15) is 24.8 Å². The van der Waals surface area contributed by atoms with Gasteiger partial charge >= 0.3 is 0 Å². The number of aliphatic hydroxyl groups excluding tert-OH is 1. The highest BCUT2D eigenvalue weighted by Gasteiger charge is 2.25. The van der Waals surface area contributed by atoms with Crippen LogP contribution >= 0.6 is 0 Å². The first-order valence-corrected chi connectivity index (χ1v) is 5.83. The Balaban J connectivity index is 2.02. The topological polar surface area (TPSA) is 62.7 Å². The average Bonchev–Trinajstić information content (AvgIpc) is 2.37. The number of aromatic nitrogens is 1. The molecular formula is C12H16N2O3. The molecule has 1 N–H and O–H groups in total. The molecule has 5 nitrogen and oxygen atoms in total. The van der Waals surface area contributed by atoms with Gasteiger partial charge in [-0.05, 0) is 30.9 Å². The summed E-state index contributed by atoms with van der Waals surface area (Å²) in [7, 11) is 0. The third-order valence-corrected chi connectivity index (χ3v) is 2.67. The maximum Gasteiger partial charge on any atom is 0.252 e. The van der Waals surface area contributed by atoms with Crippen molar-refractivity contribution < 1.29 is 14.7 Å². The molecule has 0 atom stereocenters. The Morgan fingerprint density at radius 3 is 3.12 bits per heavy atom. The Morgan fingerprint density at radius 1 is 1.41 bits per heavy atom. The van der Waals surface area contributed by atoms with Gasteiger partial charge in [-0.1, -0.05) is 6.07 Å². The summed E-state index contributed by atoms with van der Waals surface area (Å²) in [4.78, 5) is 21.3. The number of fused-ring (bicyclic) bond motifs is 1. The van der Waals surface area contributed by atoms with Crippen LogP contribution < -0.4 is 5.06 Å². The molecule has 0 spiro atoms. The van der Waals surface area contributed by atoms with Crippen molar-refractivity contribution in [3.63, 3.8) is 0 Å². The number of hydrogen-bond acceptors (Lipinski definition) is 4. The third kappa shape index (κ3) is 2.81. The van der Waals surface area contributed by atoms with Crippen LogP contribution in [0, 0.1) is 0 Å². The molecule has 1 aliphatic heterocycles. The standard InChI is InChI=1S/C12H16N2O3/c15-8-1-2-9-17-14-11(16)6-5-10-4-3-7-13-12(10)14/h3-4,7,15H,1-2,5-6,8-9H2. The van der Waals surface area contributed by atoms with Gasteiger partial charge in [-0.15, -0.1) is 0 Å². The van der Waals surface area contributed by atoms with Crippen molar-refractivity contribution in [2.45, 2.75) is 25.7 Å². The number of pyridine rings is 1. The van der Waals surface area contributed by atoms with Crippen molar-refractivity contribution in [1.29, 1.82) is 0 Å². The summed E-state index contributed by atoms with van der Waals surface area (Å²) in [6, 6.07) is 3.82. The highest BCUT2D eigenvalue weighted by atomic mass is 16.7. The summed E-state index contributed by atoms with van der Waals surface area (Å²) in [5.74, 6) is 0.549. The van der Waals surface area contributed by atoms with Crippen LogP contribution in [0.15, 0.2) is 18.3 Å². The zero-order valence-corrected chi connectivity index (χ0v) is 9.63. The molecule has 1 aromatic rings. The van der Waals surface area contributed by atoms with Gasteiger partial charge in [0, 0.05) is 19.2 Å². The number of amides is 1. The number of hydrogen-bond donors (Lipinski definition) is 1. The monoisotopic (exact) mass is 236 g/mol. The van der Waals surface area contributed by atoms with Gasteiger partial charge in [-0.2, -0.15) is 5.06 Å². The molecular weight excluding hydrogens is 220 g/mol. The number of hydroxylamine groups is 1. The van der Waals surface area contributed by atoms with Gasteiger partial charge in [0.2, 0.25) is 0 Å². The molecule has 0 aromatic carbocycles. The summed E-state index contributed by atoms with van der Waals surface area (Å²) in [6.07, 6.45) is 4.23. The summed E-state index contributed by atoms with van der Waals surface area (Å²) in [5, 5.41) is 9.95. The molecule has 0 radical (unpaired) electrons. The zero-order valence-electron chi connectivity index (χ0n) is 9.63. The van der Waals surface area contributed by atoms with E-state index in [1.165, 1.54) is 5.06 Å². The molecule has 0 aliphatic carbocycles. The Hall–Kier alpha value is -1.46. The minimum Gasteiger partial charge on any atom is -0.396 e. The molecule has 5 heteroatoms. The average molecular weight is 236 g/mol. The molecule has 0 saturated carbocycles. The predicted molar refractivity (Wildman–Crippen MR) is 62.3 cm³/mol. The highest BCUT2D eigenvalue weighted by molar-refractivity contribution is 5.93.